The molecule has 1 aromatic carbocycles. The van der Waals surface area contributed by atoms with Gasteiger partial charge in [0.15, 0.2) is 0 Å². The Morgan fingerprint density at radius 1 is 1.35 bits per heavy atom. The summed E-state index contributed by atoms with van der Waals surface area (Å²) < 4.78 is 0. The molecule has 2 rings (SSSR count). The zero-order valence-corrected chi connectivity index (χ0v) is 10.0. The highest BCUT2D eigenvalue weighted by Gasteiger charge is 2.22. The maximum Gasteiger partial charge on any atom is 0.243 e. The maximum atomic E-state index is 11.7. The van der Waals surface area contributed by atoms with Crippen LogP contribution in [0, 0.1) is 0 Å². The highest BCUT2D eigenvalue weighted by atomic mass is 35.5. The zero-order chi connectivity index (χ0) is 12.3. The maximum absolute atomic E-state index is 11.7. The average molecular weight is 253 g/mol. The second-order valence-electron chi connectivity index (χ2n) is 3.97. The Morgan fingerprint density at radius 3 is 2.65 bits per heavy atom. The third-order valence-corrected chi connectivity index (χ3v) is 2.89. The molecule has 1 aromatic rings. The van der Waals surface area contributed by atoms with Gasteiger partial charge in [-0.05, 0) is 30.7 Å². The molecule has 1 N–H and O–H groups in total. The van der Waals surface area contributed by atoms with Crippen molar-refractivity contribution in [2.24, 2.45) is 0 Å². The molecule has 0 aliphatic carbocycles. The molecule has 0 saturated carbocycles. The van der Waals surface area contributed by atoms with Gasteiger partial charge in [-0.2, -0.15) is 0 Å². The fraction of sp³-hybridized carbons (Fsp3) is 0.333. The minimum absolute atomic E-state index is 0.0521. The number of hydrogen-bond donors (Lipinski definition) is 1. The molecule has 5 heteroatoms. The van der Waals surface area contributed by atoms with Crippen LogP contribution in [0.1, 0.15) is 12.8 Å². The second-order valence-corrected chi connectivity index (χ2v) is 4.41. The van der Waals surface area contributed by atoms with Gasteiger partial charge in [0.2, 0.25) is 11.8 Å². The van der Waals surface area contributed by atoms with Gasteiger partial charge in [0.05, 0.1) is 6.54 Å². The quantitative estimate of drug-likeness (QED) is 0.893. The summed E-state index contributed by atoms with van der Waals surface area (Å²) in [5, 5.41) is 3.35. The van der Waals surface area contributed by atoms with Gasteiger partial charge in [-0.25, -0.2) is 0 Å². The van der Waals surface area contributed by atoms with E-state index in [4.69, 9.17) is 11.6 Å². The van der Waals surface area contributed by atoms with Crippen LogP contribution in [0.2, 0.25) is 5.02 Å². The lowest BCUT2D eigenvalue weighted by Crippen LogP contribution is -2.33. The van der Waals surface area contributed by atoms with Crippen LogP contribution < -0.4 is 5.32 Å². The van der Waals surface area contributed by atoms with Crippen molar-refractivity contribution in [1.82, 2.24) is 4.90 Å². The highest BCUT2D eigenvalue weighted by molar-refractivity contribution is 6.30. The van der Waals surface area contributed by atoms with Gasteiger partial charge in [0, 0.05) is 23.7 Å². The second kappa shape index (κ2) is 5.19. The van der Waals surface area contributed by atoms with E-state index < -0.39 is 0 Å². The van der Waals surface area contributed by atoms with E-state index in [1.54, 1.807) is 29.2 Å². The van der Waals surface area contributed by atoms with E-state index in [0.717, 1.165) is 6.42 Å². The van der Waals surface area contributed by atoms with Crippen molar-refractivity contribution in [3.05, 3.63) is 29.3 Å². The van der Waals surface area contributed by atoms with Crippen molar-refractivity contribution < 1.29 is 9.59 Å². The SMILES string of the molecule is O=C(CN1CCCC1=O)Nc1ccc(Cl)cc1. The van der Waals surface area contributed by atoms with Gasteiger partial charge < -0.3 is 10.2 Å². The fourth-order valence-corrected chi connectivity index (χ4v) is 1.90. The summed E-state index contributed by atoms with van der Waals surface area (Å²) in [4.78, 5) is 24.6. The number of amides is 2. The van der Waals surface area contributed by atoms with E-state index >= 15 is 0 Å². The molecular weight excluding hydrogens is 240 g/mol. The lowest BCUT2D eigenvalue weighted by atomic mass is 10.3. The van der Waals surface area contributed by atoms with Gasteiger partial charge in [0.1, 0.15) is 0 Å². The molecule has 1 heterocycles. The Bertz CT molecular complexity index is 431. The summed E-state index contributed by atoms with van der Waals surface area (Å²) in [5.74, 6) is -0.126. The molecule has 1 aliphatic rings. The number of carbonyl (C=O) groups is 2. The summed E-state index contributed by atoms with van der Waals surface area (Å²) >= 11 is 5.74. The average Bonchev–Trinajstić information content (AvgIpc) is 2.68. The minimum Gasteiger partial charge on any atom is -0.333 e. The first kappa shape index (κ1) is 11.9. The van der Waals surface area contributed by atoms with Gasteiger partial charge in [-0.15, -0.1) is 0 Å². The molecule has 0 unspecified atom stereocenters. The minimum atomic E-state index is -0.178. The molecule has 0 bridgehead atoms. The third kappa shape index (κ3) is 3.20. The summed E-state index contributed by atoms with van der Waals surface area (Å²) in [7, 11) is 0. The number of likely N-dealkylation sites (tertiary alicyclic amines) is 1. The van der Waals surface area contributed by atoms with E-state index in [1.807, 2.05) is 0 Å². The van der Waals surface area contributed by atoms with Crippen molar-refractivity contribution in [3.63, 3.8) is 0 Å². The predicted octanol–water partition coefficient (Wildman–Crippen LogP) is 1.90. The monoisotopic (exact) mass is 252 g/mol. The highest BCUT2D eigenvalue weighted by Crippen LogP contribution is 2.14. The number of nitrogens with zero attached hydrogens (tertiary/aromatic N) is 1. The molecule has 0 aromatic heterocycles. The number of benzene rings is 1. The molecule has 0 radical (unpaired) electrons. The summed E-state index contributed by atoms with van der Waals surface area (Å²) in [5.41, 5.74) is 0.686. The third-order valence-electron chi connectivity index (χ3n) is 2.63. The Labute approximate surface area is 105 Å². The van der Waals surface area contributed by atoms with Crippen LogP contribution in [0.15, 0.2) is 24.3 Å². The normalized spacial score (nSPS) is 15.1. The predicted molar refractivity (Wildman–Crippen MR) is 65.9 cm³/mol. The van der Waals surface area contributed by atoms with E-state index in [0.29, 0.717) is 23.7 Å². The Kier molecular flexibility index (Phi) is 3.64. The molecule has 1 fully saturated rings. The molecule has 2 amide bonds. The molecule has 4 nitrogen and oxygen atoms in total. The first-order valence-electron chi connectivity index (χ1n) is 5.48. The number of halogens is 1. The van der Waals surface area contributed by atoms with Crippen LogP contribution in [0.3, 0.4) is 0 Å². The number of rotatable bonds is 3. The lowest BCUT2D eigenvalue weighted by molar-refractivity contribution is -0.131. The van der Waals surface area contributed by atoms with E-state index in [2.05, 4.69) is 5.32 Å². The fourth-order valence-electron chi connectivity index (χ4n) is 1.78. The Balaban J connectivity index is 1.88. The first-order valence-corrected chi connectivity index (χ1v) is 5.86. The Morgan fingerprint density at radius 2 is 2.06 bits per heavy atom. The van der Waals surface area contributed by atoms with E-state index in [-0.39, 0.29) is 18.4 Å². The first-order chi connectivity index (χ1) is 8.15. The summed E-state index contributed by atoms with van der Waals surface area (Å²) in [6.45, 7) is 0.800. The molecule has 17 heavy (non-hydrogen) atoms. The van der Waals surface area contributed by atoms with Crippen LogP contribution in [0.4, 0.5) is 5.69 Å². The largest absolute Gasteiger partial charge is 0.333 e. The smallest absolute Gasteiger partial charge is 0.243 e. The van der Waals surface area contributed by atoms with Gasteiger partial charge in [-0.1, -0.05) is 11.6 Å². The summed E-state index contributed by atoms with van der Waals surface area (Å²) in [6, 6.07) is 6.87. The van der Waals surface area contributed by atoms with Crippen molar-refractivity contribution in [2.45, 2.75) is 12.8 Å². The number of anilines is 1. The van der Waals surface area contributed by atoms with Gasteiger partial charge >= 0.3 is 0 Å². The number of nitrogens with one attached hydrogen (secondary N) is 1. The molecule has 0 atom stereocenters. The van der Waals surface area contributed by atoms with Crippen molar-refractivity contribution in [1.29, 1.82) is 0 Å². The summed E-state index contributed by atoms with van der Waals surface area (Å²) in [6.07, 6.45) is 1.39. The van der Waals surface area contributed by atoms with Gasteiger partial charge in [-0.3, -0.25) is 9.59 Å². The molecule has 0 spiro atoms. The number of hydrogen-bond acceptors (Lipinski definition) is 2. The Hall–Kier alpha value is -1.55. The van der Waals surface area contributed by atoms with Crippen molar-refractivity contribution in [3.8, 4) is 0 Å². The topological polar surface area (TPSA) is 49.4 Å². The van der Waals surface area contributed by atoms with E-state index in [9.17, 15) is 9.59 Å². The van der Waals surface area contributed by atoms with Crippen LogP contribution in [-0.4, -0.2) is 29.8 Å². The molecule has 1 saturated heterocycles. The number of carbonyl (C=O) groups excluding carboxylic acids is 2. The molecule has 90 valence electrons. The van der Waals surface area contributed by atoms with Crippen LogP contribution in [0.25, 0.3) is 0 Å². The van der Waals surface area contributed by atoms with Crippen molar-refractivity contribution >= 4 is 29.1 Å². The van der Waals surface area contributed by atoms with Crippen LogP contribution >= 0.6 is 11.6 Å². The van der Waals surface area contributed by atoms with Gasteiger partial charge in [0.25, 0.3) is 0 Å². The lowest BCUT2D eigenvalue weighted by Gasteiger charge is -2.14. The molecular formula is C12H13ClN2O2. The standard InChI is InChI=1S/C12H13ClN2O2/c13-9-3-5-10(6-4-9)14-11(16)8-15-7-1-2-12(15)17/h3-6H,1-2,7-8H2,(H,14,16). The van der Waals surface area contributed by atoms with Crippen LogP contribution in [0.5, 0.6) is 0 Å². The molecule has 1 aliphatic heterocycles. The van der Waals surface area contributed by atoms with E-state index in [1.165, 1.54) is 0 Å². The zero-order valence-electron chi connectivity index (χ0n) is 9.28. The van der Waals surface area contributed by atoms with Crippen LogP contribution in [-0.2, 0) is 9.59 Å². The van der Waals surface area contributed by atoms with Crippen molar-refractivity contribution in [2.75, 3.05) is 18.4 Å².